The summed E-state index contributed by atoms with van der Waals surface area (Å²) in [6, 6.07) is 5.02. The van der Waals surface area contributed by atoms with Gasteiger partial charge in [-0.2, -0.15) is 0 Å². The van der Waals surface area contributed by atoms with E-state index in [4.69, 9.17) is 13.9 Å². The first-order valence-electron chi connectivity index (χ1n) is 7.06. The van der Waals surface area contributed by atoms with Gasteiger partial charge in [0.1, 0.15) is 19.0 Å². The van der Waals surface area contributed by atoms with E-state index in [1.54, 1.807) is 18.2 Å². The van der Waals surface area contributed by atoms with E-state index in [0.717, 1.165) is 18.4 Å². The van der Waals surface area contributed by atoms with Crippen molar-refractivity contribution in [3.8, 4) is 11.5 Å². The minimum Gasteiger partial charge on any atom is -0.486 e. The first-order valence-corrected chi connectivity index (χ1v) is 7.06. The molecule has 4 nitrogen and oxygen atoms in total. The summed E-state index contributed by atoms with van der Waals surface area (Å²) in [5.41, 5.74) is 1.34. The Kier molecular flexibility index (Phi) is 2.81. The third kappa shape index (κ3) is 2.03. The molecule has 0 saturated carbocycles. The van der Waals surface area contributed by atoms with Crippen LogP contribution in [0.4, 0.5) is 0 Å². The molecule has 1 aromatic carbocycles. The number of benzene rings is 1. The van der Waals surface area contributed by atoms with Crippen molar-refractivity contribution in [3.05, 3.63) is 52.4 Å². The lowest BCUT2D eigenvalue weighted by atomic mass is 10.0. The summed E-state index contributed by atoms with van der Waals surface area (Å²) in [6.45, 7) is 0.971. The van der Waals surface area contributed by atoms with Gasteiger partial charge in [-0.15, -0.1) is 0 Å². The maximum absolute atomic E-state index is 12.3. The van der Waals surface area contributed by atoms with Crippen LogP contribution in [-0.4, -0.2) is 13.2 Å². The predicted molar refractivity (Wildman–Crippen MR) is 79.8 cm³/mol. The molecule has 0 amide bonds. The van der Waals surface area contributed by atoms with Gasteiger partial charge in [-0.3, -0.25) is 4.79 Å². The summed E-state index contributed by atoms with van der Waals surface area (Å²) in [5, 5.41) is 0.517. The van der Waals surface area contributed by atoms with Gasteiger partial charge in [0.15, 0.2) is 16.8 Å². The SMILES string of the molecule is O=c1cc(C2=CCCC=C2)oc2c3c(ccc12)OCCO3. The Morgan fingerprint density at radius 3 is 2.81 bits per heavy atom. The topological polar surface area (TPSA) is 48.7 Å². The average molecular weight is 282 g/mol. The van der Waals surface area contributed by atoms with Crippen molar-refractivity contribution in [1.29, 1.82) is 0 Å². The normalized spacial score (nSPS) is 16.9. The van der Waals surface area contributed by atoms with Crippen molar-refractivity contribution >= 4 is 16.5 Å². The minimum atomic E-state index is -0.0666. The smallest absolute Gasteiger partial charge is 0.205 e. The number of rotatable bonds is 1. The first kappa shape index (κ1) is 12.3. The molecule has 2 heterocycles. The molecular formula is C17H14O4. The van der Waals surface area contributed by atoms with Gasteiger partial charge in [0, 0.05) is 11.6 Å². The Hall–Kier alpha value is -2.49. The summed E-state index contributed by atoms with van der Waals surface area (Å²) in [7, 11) is 0. The van der Waals surface area contributed by atoms with Crippen molar-refractivity contribution in [1.82, 2.24) is 0 Å². The molecule has 0 unspecified atom stereocenters. The van der Waals surface area contributed by atoms with Gasteiger partial charge >= 0.3 is 0 Å². The fraction of sp³-hybridized carbons (Fsp3) is 0.235. The number of fused-ring (bicyclic) bond motifs is 3. The van der Waals surface area contributed by atoms with Crippen LogP contribution >= 0.6 is 0 Å². The second kappa shape index (κ2) is 4.81. The molecule has 0 radical (unpaired) electrons. The van der Waals surface area contributed by atoms with Crippen LogP contribution in [0.2, 0.25) is 0 Å². The fourth-order valence-corrected chi connectivity index (χ4v) is 2.66. The van der Waals surface area contributed by atoms with Crippen LogP contribution in [0.5, 0.6) is 11.5 Å². The van der Waals surface area contributed by atoms with E-state index in [1.165, 1.54) is 0 Å². The first-order chi connectivity index (χ1) is 10.3. The van der Waals surface area contributed by atoms with E-state index in [2.05, 4.69) is 12.2 Å². The van der Waals surface area contributed by atoms with Crippen molar-refractivity contribution in [3.63, 3.8) is 0 Å². The summed E-state index contributed by atoms with van der Waals surface area (Å²) in [5.74, 6) is 1.73. The molecule has 0 fully saturated rings. The Labute approximate surface area is 121 Å². The quantitative estimate of drug-likeness (QED) is 0.805. The van der Waals surface area contributed by atoms with Crippen LogP contribution in [0.3, 0.4) is 0 Å². The van der Waals surface area contributed by atoms with Gasteiger partial charge in [0.2, 0.25) is 5.75 Å². The van der Waals surface area contributed by atoms with E-state index in [-0.39, 0.29) is 5.43 Å². The number of hydrogen-bond donors (Lipinski definition) is 0. The van der Waals surface area contributed by atoms with Gasteiger partial charge in [0.25, 0.3) is 0 Å². The lowest BCUT2D eigenvalue weighted by Gasteiger charge is -2.19. The Balaban J connectivity index is 1.97. The van der Waals surface area contributed by atoms with E-state index in [9.17, 15) is 4.79 Å². The maximum atomic E-state index is 12.3. The van der Waals surface area contributed by atoms with Crippen molar-refractivity contribution < 1.29 is 13.9 Å². The lowest BCUT2D eigenvalue weighted by molar-refractivity contribution is 0.172. The highest BCUT2D eigenvalue weighted by atomic mass is 16.6. The summed E-state index contributed by atoms with van der Waals surface area (Å²) in [4.78, 5) is 12.3. The van der Waals surface area contributed by atoms with Gasteiger partial charge in [-0.05, 0) is 25.0 Å². The molecule has 0 N–H and O–H groups in total. The number of hydrogen-bond acceptors (Lipinski definition) is 4. The molecule has 1 aliphatic heterocycles. The van der Waals surface area contributed by atoms with E-state index in [1.807, 2.05) is 6.08 Å². The van der Waals surface area contributed by atoms with Crippen LogP contribution in [-0.2, 0) is 0 Å². The highest BCUT2D eigenvalue weighted by Gasteiger charge is 2.19. The van der Waals surface area contributed by atoms with Crippen LogP contribution in [0.25, 0.3) is 16.5 Å². The molecule has 0 saturated heterocycles. The van der Waals surface area contributed by atoms with E-state index < -0.39 is 0 Å². The standard InChI is InChI=1S/C17H14O4/c18-13-10-15(11-4-2-1-3-5-11)21-16-12(13)6-7-14-17(16)20-9-8-19-14/h2,4-7,10H,1,3,8-9H2. The maximum Gasteiger partial charge on any atom is 0.205 e. The molecule has 1 aromatic heterocycles. The zero-order chi connectivity index (χ0) is 14.2. The van der Waals surface area contributed by atoms with Gasteiger partial charge in [-0.25, -0.2) is 0 Å². The Morgan fingerprint density at radius 2 is 1.95 bits per heavy atom. The van der Waals surface area contributed by atoms with Crippen molar-refractivity contribution in [2.24, 2.45) is 0 Å². The third-order valence-corrected chi connectivity index (χ3v) is 3.68. The van der Waals surface area contributed by atoms with Crippen molar-refractivity contribution in [2.45, 2.75) is 12.8 Å². The highest BCUT2D eigenvalue weighted by molar-refractivity contribution is 5.87. The van der Waals surface area contributed by atoms with Crippen LogP contribution in [0, 0.1) is 0 Å². The van der Waals surface area contributed by atoms with Gasteiger partial charge in [-0.1, -0.05) is 18.2 Å². The van der Waals surface area contributed by atoms with Crippen LogP contribution in [0.1, 0.15) is 18.6 Å². The third-order valence-electron chi connectivity index (χ3n) is 3.68. The number of ether oxygens (including phenoxy) is 2. The zero-order valence-corrected chi connectivity index (χ0v) is 11.4. The molecular weight excluding hydrogens is 268 g/mol. The average Bonchev–Trinajstić information content (AvgIpc) is 2.55. The molecule has 21 heavy (non-hydrogen) atoms. The van der Waals surface area contributed by atoms with Gasteiger partial charge in [0.05, 0.1) is 5.39 Å². The molecule has 0 spiro atoms. The van der Waals surface area contributed by atoms with Crippen molar-refractivity contribution in [2.75, 3.05) is 13.2 Å². The number of allylic oxidation sites excluding steroid dienone is 4. The minimum absolute atomic E-state index is 0.0666. The molecule has 4 rings (SSSR count). The van der Waals surface area contributed by atoms with E-state index in [0.29, 0.717) is 41.4 Å². The van der Waals surface area contributed by atoms with Gasteiger partial charge < -0.3 is 13.9 Å². The van der Waals surface area contributed by atoms with Crippen LogP contribution in [0.15, 0.2) is 45.6 Å². The molecule has 4 heteroatoms. The predicted octanol–water partition coefficient (Wildman–Crippen LogP) is 3.30. The molecule has 1 aliphatic carbocycles. The molecule has 2 aliphatic rings. The zero-order valence-electron chi connectivity index (χ0n) is 11.4. The second-order valence-corrected chi connectivity index (χ2v) is 5.08. The second-order valence-electron chi connectivity index (χ2n) is 5.08. The lowest BCUT2D eigenvalue weighted by Crippen LogP contribution is -2.16. The summed E-state index contributed by atoms with van der Waals surface area (Å²) in [6.07, 6.45) is 8.13. The van der Waals surface area contributed by atoms with Crippen LogP contribution < -0.4 is 14.9 Å². The van der Waals surface area contributed by atoms with E-state index >= 15 is 0 Å². The summed E-state index contributed by atoms with van der Waals surface area (Å²) < 4.78 is 17.1. The molecule has 2 aromatic rings. The Morgan fingerprint density at radius 1 is 1.05 bits per heavy atom. The molecule has 0 atom stereocenters. The molecule has 106 valence electrons. The Bertz CT molecular complexity index is 827. The highest BCUT2D eigenvalue weighted by Crippen LogP contribution is 2.37. The fourth-order valence-electron chi connectivity index (χ4n) is 2.66. The molecule has 0 bridgehead atoms. The largest absolute Gasteiger partial charge is 0.486 e. The monoisotopic (exact) mass is 282 g/mol. The summed E-state index contributed by atoms with van der Waals surface area (Å²) >= 11 is 0.